The summed E-state index contributed by atoms with van der Waals surface area (Å²) in [5, 5.41) is 9.35. The van der Waals surface area contributed by atoms with Gasteiger partial charge in [0.15, 0.2) is 0 Å². The van der Waals surface area contributed by atoms with Crippen LogP contribution in [0.15, 0.2) is 23.0 Å². The maximum atomic E-state index is 9.35. The van der Waals surface area contributed by atoms with Gasteiger partial charge in [-0.15, -0.1) is 0 Å². The third-order valence-electron chi connectivity index (χ3n) is 1.49. The summed E-state index contributed by atoms with van der Waals surface area (Å²) in [5.41, 5.74) is 0.877. The van der Waals surface area contributed by atoms with Crippen molar-refractivity contribution >= 4 is 0 Å². The number of furan rings is 1. The molecule has 0 saturated heterocycles. The van der Waals surface area contributed by atoms with E-state index in [4.69, 9.17) is 4.42 Å². The van der Waals surface area contributed by atoms with Gasteiger partial charge < -0.3 is 9.52 Å². The van der Waals surface area contributed by atoms with Crippen molar-refractivity contribution in [2.45, 2.75) is 25.9 Å². The first-order chi connectivity index (χ1) is 4.84. The Bertz CT molecular complexity index is 167. The van der Waals surface area contributed by atoms with Crippen LogP contribution in [-0.4, -0.2) is 5.11 Å². The molecule has 1 N–H and O–H groups in total. The monoisotopic (exact) mass is 140 g/mol. The van der Waals surface area contributed by atoms with Gasteiger partial charge in [0.1, 0.15) is 0 Å². The van der Waals surface area contributed by atoms with Crippen LogP contribution in [-0.2, 0) is 0 Å². The van der Waals surface area contributed by atoms with Crippen molar-refractivity contribution in [2.24, 2.45) is 0 Å². The Kier molecular flexibility index (Phi) is 2.51. The van der Waals surface area contributed by atoms with Crippen LogP contribution >= 0.6 is 0 Å². The summed E-state index contributed by atoms with van der Waals surface area (Å²) in [6, 6.07) is 1.79. The van der Waals surface area contributed by atoms with E-state index < -0.39 is 0 Å². The normalized spacial score (nSPS) is 13.4. The van der Waals surface area contributed by atoms with Gasteiger partial charge in [-0.05, 0) is 12.5 Å². The van der Waals surface area contributed by atoms with Crippen molar-refractivity contribution in [3.63, 3.8) is 0 Å². The Hall–Kier alpha value is -0.760. The van der Waals surface area contributed by atoms with Gasteiger partial charge in [-0.2, -0.15) is 0 Å². The van der Waals surface area contributed by atoms with Gasteiger partial charge in [0, 0.05) is 5.56 Å². The summed E-state index contributed by atoms with van der Waals surface area (Å²) in [5.74, 6) is 0. The highest BCUT2D eigenvalue weighted by Crippen LogP contribution is 2.17. The standard InChI is InChI=1S/C8H12O2/c1-2-3-8(9)7-4-5-10-6-7/h4-6,8-9H,2-3H2,1H3/t8-/m1/s1. The van der Waals surface area contributed by atoms with Crippen molar-refractivity contribution in [3.05, 3.63) is 24.2 Å². The second-order valence-electron chi connectivity index (χ2n) is 2.36. The Labute approximate surface area is 60.5 Å². The molecule has 0 radical (unpaired) electrons. The lowest BCUT2D eigenvalue weighted by Gasteiger charge is -2.03. The molecular formula is C8H12O2. The molecule has 0 amide bonds. The van der Waals surface area contributed by atoms with Crippen LogP contribution in [0.2, 0.25) is 0 Å². The van der Waals surface area contributed by atoms with Crippen molar-refractivity contribution in [1.29, 1.82) is 0 Å². The zero-order chi connectivity index (χ0) is 7.40. The van der Waals surface area contributed by atoms with Crippen molar-refractivity contribution in [3.8, 4) is 0 Å². The number of hydrogen-bond acceptors (Lipinski definition) is 2. The van der Waals surface area contributed by atoms with Crippen LogP contribution in [0, 0.1) is 0 Å². The molecule has 0 aliphatic heterocycles. The van der Waals surface area contributed by atoms with E-state index in [-0.39, 0.29) is 6.10 Å². The van der Waals surface area contributed by atoms with Gasteiger partial charge in [0.05, 0.1) is 18.6 Å². The van der Waals surface area contributed by atoms with E-state index in [0.29, 0.717) is 0 Å². The molecule has 1 aromatic heterocycles. The second-order valence-corrected chi connectivity index (χ2v) is 2.36. The average Bonchev–Trinajstić information content (AvgIpc) is 2.38. The van der Waals surface area contributed by atoms with Crippen LogP contribution in [0.1, 0.15) is 31.4 Å². The van der Waals surface area contributed by atoms with Crippen LogP contribution < -0.4 is 0 Å². The zero-order valence-corrected chi connectivity index (χ0v) is 6.08. The van der Waals surface area contributed by atoms with E-state index in [2.05, 4.69) is 0 Å². The number of rotatable bonds is 3. The number of aliphatic hydroxyl groups is 1. The molecule has 0 aliphatic carbocycles. The van der Waals surface area contributed by atoms with Gasteiger partial charge in [-0.3, -0.25) is 0 Å². The summed E-state index contributed by atoms with van der Waals surface area (Å²) in [4.78, 5) is 0. The van der Waals surface area contributed by atoms with Gasteiger partial charge >= 0.3 is 0 Å². The van der Waals surface area contributed by atoms with Crippen LogP contribution in [0.5, 0.6) is 0 Å². The molecule has 0 aromatic carbocycles. The molecule has 1 atom stereocenters. The van der Waals surface area contributed by atoms with Gasteiger partial charge in [-0.1, -0.05) is 13.3 Å². The Morgan fingerprint density at radius 1 is 1.70 bits per heavy atom. The number of hydrogen-bond donors (Lipinski definition) is 1. The third-order valence-corrected chi connectivity index (χ3v) is 1.49. The molecule has 1 rings (SSSR count). The summed E-state index contributed by atoms with van der Waals surface area (Å²) in [6.07, 6.45) is 4.62. The van der Waals surface area contributed by atoms with E-state index in [1.165, 1.54) is 0 Å². The predicted octanol–water partition coefficient (Wildman–Crippen LogP) is 2.11. The summed E-state index contributed by atoms with van der Waals surface area (Å²) >= 11 is 0. The quantitative estimate of drug-likeness (QED) is 0.697. The molecular weight excluding hydrogens is 128 g/mol. The zero-order valence-electron chi connectivity index (χ0n) is 6.08. The fourth-order valence-electron chi connectivity index (χ4n) is 0.905. The largest absolute Gasteiger partial charge is 0.472 e. The van der Waals surface area contributed by atoms with Crippen molar-refractivity contribution < 1.29 is 9.52 Å². The molecule has 0 fully saturated rings. The Morgan fingerprint density at radius 2 is 2.50 bits per heavy atom. The molecule has 1 aromatic rings. The lowest BCUT2D eigenvalue weighted by molar-refractivity contribution is 0.165. The van der Waals surface area contributed by atoms with Gasteiger partial charge in [0.2, 0.25) is 0 Å². The predicted molar refractivity (Wildman–Crippen MR) is 38.6 cm³/mol. The Morgan fingerprint density at radius 3 is 3.00 bits per heavy atom. The Balaban J connectivity index is 2.50. The van der Waals surface area contributed by atoms with Crippen LogP contribution in [0.3, 0.4) is 0 Å². The molecule has 10 heavy (non-hydrogen) atoms. The van der Waals surface area contributed by atoms with E-state index in [1.54, 1.807) is 18.6 Å². The highest BCUT2D eigenvalue weighted by atomic mass is 16.3. The van der Waals surface area contributed by atoms with Crippen LogP contribution in [0.4, 0.5) is 0 Å². The maximum absolute atomic E-state index is 9.35. The van der Waals surface area contributed by atoms with E-state index >= 15 is 0 Å². The molecule has 0 aliphatic rings. The highest BCUT2D eigenvalue weighted by molar-refractivity contribution is 5.08. The molecule has 0 bridgehead atoms. The van der Waals surface area contributed by atoms with Gasteiger partial charge in [-0.25, -0.2) is 0 Å². The minimum absolute atomic E-state index is 0.344. The molecule has 56 valence electrons. The minimum Gasteiger partial charge on any atom is -0.472 e. The summed E-state index contributed by atoms with van der Waals surface area (Å²) in [7, 11) is 0. The summed E-state index contributed by atoms with van der Waals surface area (Å²) in [6.45, 7) is 2.04. The fourth-order valence-corrected chi connectivity index (χ4v) is 0.905. The lowest BCUT2D eigenvalue weighted by Crippen LogP contribution is -1.93. The maximum Gasteiger partial charge on any atom is 0.0960 e. The van der Waals surface area contributed by atoms with Crippen LogP contribution in [0.25, 0.3) is 0 Å². The lowest BCUT2D eigenvalue weighted by atomic mass is 10.1. The smallest absolute Gasteiger partial charge is 0.0960 e. The molecule has 0 saturated carbocycles. The van der Waals surface area contributed by atoms with E-state index in [0.717, 1.165) is 18.4 Å². The first-order valence-corrected chi connectivity index (χ1v) is 3.54. The first-order valence-electron chi connectivity index (χ1n) is 3.54. The van der Waals surface area contributed by atoms with E-state index in [9.17, 15) is 5.11 Å². The second kappa shape index (κ2) is 3.42. The van der Waals surface area contributed by atoms with Crippen molar-refractivity contribution in [2.75, 3.05) is 0 Å². The number of aliphatic hydroxyl groups excluding tert-OH is 1. The SMILES string of the molecule is CCC[C@@H](O)c1ccoc1. The average molecular weight is 140 g/mol. The fraction of sp³-hybridized carbons (Fsp3) is 0.500. The third kappa shape index (κ3) is 1.61. The van der Waals surface area contributed by atoms with Crippen molar-refractivity contribution in [1.82, 2.24) is 0 Å². The topological polar surface area (TPSA) is 33.4 Å². The van der Waals surface area contributed by atoms with E-state index in [1.807, 2.05) is 6.92 Å². The first kappa shape index (κ1) is 7.35. The highest BCUT2D eigenvalue weighted by Gasteiger charge is 2.05. The molecule has 0 unspecified atom stereocenters. The molecule has 0 spiro atoms. The molecule has 1 heterocycles. The molecule has 2 heteroatoms. The summed E-state index contributed by atoms with van der Waals surface area (Å²) < 4.78 is 4.82. The molecule has 2 nitrogen and oxygen atoms in total. The van der Waals surface area contributed by atoms with Gasteiger partial charge in [0.25, 0.3) is 0 Å². The minimum atomic E-state index is -0.344.